The number of nitrogens with two attached hydrogens (primary N) is 2. The minimum atomic E-state index is -0.781. The van der Waals surface area contributed by atoms with E-state index in [1.807, 2.05) is 6.07 Å². The zero-order valence-electron chi connectivity index (χ0n) is 16.1. The lowest BCUT2D eigenvalue weighted by Gasteiger charge is -2.30. The topological polar surface area (TPSA) is 132 Å². The number of rotatable bonds is 6. The van der Waals surface area contributed by atoms with Gasteiger partial charge in [0.15, 0.2) is 11.6 Å². The molecule has 2 atom stereocenters. The molecule has 1 saturated carbocycles. The predicted molar refractivity (Wildman–Crippen MR) is 115 cm³/mol. The Morgan fingerprint density at radius 2 is 1.97 bits per heavy atom. The first-order valence-electron chi connectivity index (χ1n) is 9.64. The van der Waals surface area contributed by atoms with Crippen molar-refractivity contribution in [1.29, 1.82) is 0 Å². The molecule has 4 rings (SSSR count). The van der Waals surface area contributed by atoms with Gasteiger partial charge in [0.1, 0.15) is 5.82 Å². The minimum Gasteiger partial charge on any atom is -0.365 e. The Morgan fingerprint density at radius 3 is 2.70 bits per heavy atom. The van der Waals surface area contributed by atoms with E-state index in [1.165, 1.54) is 11.3 Å². The molecule has 8 nitrogen and oxygen atoms in total. The van der Waals surface area contributed by atoms with Crippen LogP contribution in [0.1, 0.15) is 36.0 Å². The maximum absolute atomic E-state index is 14.6. The molecule has 3 heterocycles. The SMILES string of the molecule is NC(=O)c1cc(F)c(N[C@@H]2CCCC[C@@H]2N)nc1Nc1cncc(-c2cncs2)c1. The van der Waals surface area contributed by atoms with Crippen LogP contribution >= 0.6 is 11.3 Å². The highest BCUT2D eigenvalue weighted by molar-refractivity contribution is 7.13. The van der Waals surface area contributed by atoms with Gasteiger partial charge in [0.05, 0.1) is 27.8 Å². The van der Waals surface area contributed by atoms with Crippen LogP contribution in [-0.2, 0) is 0 Å². The Bertz CT molecular complexity index is 1040. The predicted octanol–water partition coefficient (Wildman–Crippen LogP) is 3.26. The van der Waals surface area contributed by atoms with E-state index in [4.69, 9.17) is 11.5 Å². The molecule has 0 radical (unpaired) electrons. The number of thiazole rings is 1. The third-order valence-corrected chi connectivity index (χ3v) is 5.92. The minimum absolute atomic E-state index is 0.0384. The van der Waals surface area contributed by atoms with Crippen molar-refractivity contribution in [1.82, 2.24) is 15.0 Å². The molecular weight excluding hydrogens is 405 g/mol. The normalized spacial score (nSPS) is 18.7. The average Bonchev–Trinajstić information content (AvgIpc) is 3.27. The van der Waals surface area contributed by atoms with E-state index in [-0.39, 0.29) is 29.3 Å². The fourth-order valence-electron chi connectivity index (χ4n) is 3.53. The summed E-state index contributed by atoms with van der Waals surface area (Å²) >= 11 is 1.48. The van der Waals surface area contributed by atoms with Crippen LogP contribution in [0.5, 0.6) is 0 Å². The van der Waals surface area contributed by atoms with E-state index in [1.54, 1.807) is 24.1 Å². The Labute approximate surface area is 177 Å². The molecule has 1 aliphatic carbocycles. The molecule has 1 amide bonds. The number of aromatic nitrogens is 3. The summed E-state index contributed by atoms with van der Waals surface area (Å²) in [5, 5.41) is 6.14. The molecule has 10 heteroatoms. The van der Waals surface area contributed by atoms with Crippen molar-refractivity contribution in [3.05, 3.63) is 47.6 Å². The van der Waals surface area contributed by atoms with Crippen molar-refractivity contribution in [2.45, 2.75) is 37.8 Å². The summed E-state index contributed by atoms with van der Waals surface area (Å²) < 4.78 is 14.6. The largest absolute Gasteiger partial charge is 0.365 e. The molecule has 0 saturated heterocycles. The highest BCUT2D eigenvalue weighted by Gasteiger charge is 2.24. The molecule has 0 aromatic carbocycles. The first-order chi connectivity index (χ1) is 14.5. The quantitative estimate of drug-likeness (QED) is 0.475. The van der Waals surface area contributed by atoms with Crippen molar-refractivity contribution in [3.63, 3.8) is 0 Å². The first-order valence-corrected chi connectivity index (χ1v) is 10.5. The van der Waals surface area contributed by atoms with Gasteiger partial charge in [0, 0.05) is 30.0 Å². The molecule has 30 heavy (non-hydrogen) atoms. The smallest absolute Gasteiger partial charge is 0.252 e. The van der Waals surface area contributed by atoms with Gasteiger partial charge < -0.3 is 22.1 Å². The molecule has 0 spiro atoms. The second-order valence-electron chi connectivity index (χ2n) is 7.23. The molecule has 1 aliphatic rings. The fourth-order valence-corrected chi connectivity index (χ4v) is 4.13. The number of nitrogens with zero attached hydrogens (tertiary/aromatic N) is 3. The number of carbonyl (C=O) groups is 1. The van der Waals surface area contributed by atoms with Gasteiger partial charge in [-0.05, 0) is 25.0 Å². The molecule has 0 unspecified atom stereocenters. The van der Waals surface area contributed by atoms with Crippen LogP contribution in [-0.4, -0.2) is 32.9 Å². The van der Waals surface area contributed by atoms with Gasteiger partial charge in [-0.25, -0.2) is 9.37 Å². The molecule has 3 aromatic heterocycles. The summed E-state index contributed by atoms with van der Waals surface area (Å²) in [6, 6.07) is 2.78. The van der Waals surface area contributed by atoms with Gasteiger partial charge in [-0.15, -0.1) is 11.3 Å². The van der Waals surface area contributed by atoms with E-state index >= 15 is 0 Å². The number of pyridine rings is 2. The van der Waals surface area contributed by atoms with Gasteiger partial charge in [-0.2, -0.15) is 0 Å². The molecular formula is C20H22FN7OS. The number of anilines is 3. The van der Waals surface area contributed by atoms with Crippen molar-refractivity contribution in [2.75, 3.05) is 10.6 Å². The zero-order chi connectivity index (χ0) is 21.1. The van der Waals surface area contributed by atoms with Crippen molar-refractivity contribution in [3.8, 4) is 10.4 Å². The van der Waals surface area contributed by atoms with Crippen LogP contribution in [0.4, 0.5) is 21.7 Å². The lowest BCUT2D eigenvalue weighted by atomic mass is 9.91. The second-order valence-corrected chi connectivity index (χ2v) is 8.12. The molecule has 0 aliphatic heterocycles. The van der Waals surface area contributed by atoms with Gasteiger partial charge in [0.25, 0.3) is 5.91 Å². The molecule has 6 N–H and O–H groups in total. The van der Waals surface area contributed by atoms with Crippen LogP contribution in [0.3, 0.4) is 0 Å². The number of hydrogen-bond donors (Lipinski definition) is 4. The highest BCUT2D eigenvalue weighted by atomic mass is 32.1. The summed E-state index contributed by atoms with van der Waals surface area (Å²) in [6.45, 7) is 0. The summed E-state index contributed by atoms with van der Waals surface area (Å²) in [4.78, 5) is 25.4. The Hall–Kier alpha value is -3.11. The van der Waals surface area contributed by atoms with E-state index < -0.39 is 11.7 Å². The second kappa shape index (κ2) is 8.72. The van der Waals surface area contributed by atoms with E-state index in [9.17, 15) is 9.18 Å². The maximum atomic E-state index is 14.6. The van der Waals surface area contributed by atoms with Crippen molar-refractivity contribution < 1.29 is 9.18 Å². The molecule has 0 bridgehead atoms. The van der Waals surface area contributed by atoms with Crippen molar-refractivity contribution in [2.24, 2.45) is 11.5 Å². The van der Waals surface area contributed by atoms with Crippen LogP contribution in [0, 0.1) is 5.82 Å². The average molecular weight is 428 g/mol. The number of carbonyl (C=O) groups excluding carboxylic acids is 1. The number of halogens is 1. The van der Waals surface area contributed by atoms with Crippen LogP contribution in [0.2, 0.25) is 0 Å². The summed E-state index contributed by atoms with van der Waals surface area (Å²) in [6.07, 6.45) is 8.84. The summed E-state index contributed by atoms with van der Waals surface area (Å²) in [5.41, 5.74) is 14.7. The lowest BCUT2D eigenvalue weighted by molar-refractivity contribution is 0.100. The van der Waals surface area contributed by atoms with E-state index in [2.05, 4.69) is 25.6 Å². The van der Waals surface area contributed by atoms with Gasteiger partial charge >= 0.3 is 0 Å². The maximum Gasteiger partial charge on any atom is 0.252 e. The lowest BCUT2D eigenvalue weighted by Crippen LogP contribution is -2.43. The highest BCUT2D eigenvalue weighted by Crippen LogP contribution is 2.29. The number of amides is 1. The van der Waals surface area contributed by atoms with Crippen molar-refractivity contribution >= 4 is 34.6 Å². The first kappa shape index (κ1) is 20.2. The Kier molecular flexibility index (Phi) is 5.86. The van der Waals surface area contributed by atoms with Gasteiger partial charge in [-0.3, -0.25) is 14.8 Å². The molecule has 156 valence electrons. The third-order valence-electron chi connectivity index (χ3n) is 5.10. The monoisotopic (exact) mass is 427 g/mol. The van der Waals surface area contributed by atoms with E-state index in [0.717, 1.165) is 42.2 Å². The third kappa shape index (κ3) is 4.39. The summed E-state index contributed by atoms with van der Waals surface area (Å²) in [7, 11) is 0. The number of nitrogens with one attached hydrogen (secondary N) is 2. The standard InChI is InChI=1S/C20H22FN7OS/c21-14-6-13(18(23)29)19(28-20(14)27-16-4-2-1-3-15(16)22)26-12-5-11(7-24-8-12)17-9-25-10-30-17/h5-10,15-16H,1-4,22H2,(H2,23,29)(H2,26,27,28)/t15-,16+/m0/s1. The van der Waals surface area contributed by atoms with Crippen LogP contribution in [0.15, 0.2) is 36.2 Å². The van der Waals surface area contributed by atoms with E-state index in [0.29, 0.717) is 5.69 Å². The van der Waals surface area contributed by atoms with Gasteiger partial charge in [-0.1, -0.05) is 12.8 Å². The number of hydrogen-bond acceptors (Lipinski definition) is 8. The zero-order valence-corrected chi connectivity index (χ0v) is 17.0. The summed E-state index contributed by atoms with van der Waals surface area (Å²) in [5.74, 6) is -1.24. The Morgan fingerprint density at radius 1 is 1.13 bits per heavy atom. The molecule has 1 fully saturated rings. The van der Waals surface area contributed by atoms with Crippen LogP contribution in [0.25, 0.3) is 10.4 Å². The van der Waals surface area contributed by atoms with Crippen LogP contribution < -0.4 is 22.1 Å². The van der Waals surface area contributed by atoms with Gasteiger partial charge in [0.2, 0.25) is 0 Å². The Balaban J connectivity index is 1.64. The molecule has 3 aromatic rings. The number of primary amides is 1. The fraction of sp³-hybridized carbons (Fsp3) is 0.300.